The summed E-state index contributed by atoms with van der Waals surface area (Å²) >= 11 is 3.21. The zero-order valence-corrected chi connectivity index (χ0v) is 15.0. The third kappa shape index (κ3) is 6.06. The number of amides is 1. The van der Waals surface area contributed by atoms with Crippen molar-refractivity contribution in [2.75, 3.05) is 39.3 Å². The molecule has 0 radical (unpaired) electrons. The van der Waals surface area contributed by atoms with Crippen LogP contribution in [-0.2, 0) is 0 Å². The third-order valence-electron chi connectivity index (χ3n) is 3.55. The predicted molar refractivity (Wildman–Crippen MR) is 94.3 cm³/mol. The van der Waals surface area contributed by atoms with Gasteiger partial charge < -0.3 is 15.5 Å². The molecule has 1 aromatic carbocycles. The number of nitrogens with one attached hydrogen (secondary N) is 2. The van der Waals surface area contributed by atoms with Crippen LogP contribution in [0.25, 0.3) is 0 Å². The zero-order chi connectivity index (χ0) is 15.9. The minimum absolute atomic E-state index is 0. The lowest BCUT2D eigenvalue weighted by molar-refractivity contribution is -0.384. The van der Waals surface area contributed by atoms with Crippen LogP contribution in [0.1, 0.15) is 16.8 Å². The lowest BCUT2D eigenvalue weighted by Gasteiger charge is -2.27. The monoisotopic (exact) mass is 406 g/mol. The van der Waals surface area contributed by atoms with Gasteiger partial charge in [0.2, 0.25) is 0 Å². The van der Waals surface area contributed by atoms with Gasteiger partial charge in [0.05, 0.1) is 10.5 Å². The van der Waals surface area contributed by atoms with Crippen molar-refractivity contribution in [2.45, 2.75) is 6.42 Å². The van der Waals surface area contributed by atoms with Gasteiger partial charge in [-0.2, -0.15) is 0 Å². The van der Waals surface area contributed by atoms with Crippen molar-refractivity contribution in [3.8, 4) is 0 Å². The van der Waals surface area contributed by atoms with Gasteiger partial charge in [0, 0.05) is 49.3 Å². The summed E-state index contributed by atoms with van der Waals surface area (Å²) in [5.41, 5.74) is 0.370. The molecule has 1 aromatic rings. The first kappa shape index (κ1) is 19.8. The first-order valence-corrected chi connectivity index (χ1v) is 8.02. The smallest absolute Gasteiger partial charge is 0.270 e. The van der Waals surface area contributed by atoms with Gasteiger partial charge in [-0.05, 0) is 35.0 Å². The maximum absolute atomic E-state index is 12.1. The fraction of sp³-hybridized carbons (Fsp3) is 0.500. The second-order valence-electron chi connectivity index (χ2n) is 5.12. The lowest BCUT2D eigenvalue weighted by atomic mass is 10.2. The number of hydrogen-bond acceptors (Lipinski definition) is 5. The molecule has 1 saturated heterocycles. The van der Waals surface area contributed by atoms with E-state index < -0.39 is 4.92 Å². The minimum Gasteiger partial charge on any atom is -0.352 e. The average molecular weight is 408 g/mol. The summed E-state index contributed by atoms with van der Waals surface area (Å²) in [7, 11) is 0. The fourth-order valence-electron chi connectivity index (χ4n) is 2.34. The van der Waals surface area contributed by atoms with Crippen LogP contribution < -0.4 is 10.6 Å². The van der Waals surface area contributed by atoms with E-state index in [1.807, 2.05) is 0 Å². The molecule has 2 rings (SSSR count). The molecule has 7 nitrogen and oxygen atoms in total. The Balaban J connectivity index is 0.00000264. The van der Waals surface area contributed by atoms with E-state index >= 15 is 0 Å². The molecular formula is C14H20BrClN4O3. The Bertz CT molecular complexity index is 553. The Kier molecular flexibility index (Phi) is 8.46. The molecule has 1 heterocycles. The number of piperazine rings is 1. The highest BCUT2D eigenvalue weighted by molar-refractivity contribution is 9.10. The Hall–Kier alpha value is -1.22. The molecule has 0 aromatic heterocycles. The normalized spacial score (nSPS) is 14.8. The molecule has 23 heavy (non-hydrogen) atoms. The van der Waals surface area contributed by atoms with Crippen molar-refractivity contribution in [3.05, 3.63) is 38.3 Å². The summed E-state index contributed by atoms with van der Waals surface area (Å²) in [4.78, 5) is 24.6. The van der Waals surface area contributed by atoms with Crippen LogP contribution >= 0.6 is 28.3 Å². The van der Waals surface area contributed by atoms with E-state index in [4.69, 9.17) is 0 Å². The summed E-state index contributed by atoms with van der Waals surface area (Å²) in [6.45, 7) is 5.67. The van der Waals surface area contributed by atoms with Gasteiger partial charge in [-0.15, -0.1) is 12.4 Å². The molecule has 9 heteroatoms. The summed E-state index contributed by atoms with van der Waals surface area (Å²) in [5, 5.41) is 16.8. The van der Waals surface area contributed by atoms with Crippen LogP contribution in [-0.4, -0.2) is 55.0 Å². The van der Waals surface area contributed by atoms with Crippen LogP contribution in [0.5, 0.6) is 0 Å². The number of nitro benzene ring substituents is 1. The van der Waals surface area contributed by atoms with E-state index in [1.165, 1.54) is 18.2 Å². The number of carbonyl (C=O) groups is 1. The number of hydrogen-bond donors (Lipinski definition) is 2. The standard InChI is InChI=1S/C14H19BrN4O3.ClH/c15-13-10-11(19(21)22)2-3-12(13)14(20)17-4-1-7-18-8-5-16-6-9-18;/h2-3,10,16H,1,4-9H2,(H,17,20);1H. The molecule has 0 aliphatic carbocycles. The Morgan fingerprint density at radius 3 is 2.70 bits per heavy atom. The van der Waals surface area contributed by atoms with Gasteiger partial charge in [-0.25, -0.2) is 0 Å². The topological polar surface area (TPSA) is 87.5 Å². The maximum atomic E-state index is 12.1. The fourth-order valence-corrected chi connectivity index (χ4v) is 2.88. The molecule has 2 N–H and O–H groups in total. The summed E-state index contributed by atoms with van der Waals surface area (Å²) in [6, 6.07) is 4.14. The Morgan fingerprint density at radius 1 is 1.39 bits per heavy atom. The molecule has 128 valence electrons. The molecular weight excluding hydrogens is 388 g/mol. The van der Waals surface area contributed by atoms with Crippen LogP contribution in [0.3, 0.4) is 0 Å². The number of nitro groups is 1. The summed E-state index contributed by atoms with van der Waals surface area (Å²) in [5.74, 6) is -0.220. The molecule has 0 spiro atoms. The van der Waals surface area contributed by atoms with Crippen molar-refractivity contribution in [2.24, 2.45) is 0 Å². The SMILES string of the molecule is Cl.O=C(NCCCN1CCNCC1)c1ccc([N+](=O)[O-])cc1Br. The second-order valence-corrected chi connectivity index (χ2v) is 5.98. The predicted octanol–water partition coefficient (Wildman–Crippen LogP) is 1.80. The van der Waals surface area contributed by atoms with Crippen molar-refractivity contribution in [1.82, 2.24) is 15.5 Å². The van der Waals surface area contributed by atoms with Gasteiger partial charge in [0.25, 0.3) is 11.6 Å². The van der Waals surface area contributed by atoms with Gasteiger partial charge in [-0.1, -0.05) is 0 Å². The highest BCUT2D eigenvalue weighted by Crippen LogP contribution is 2.22. The second kappa shape index (κ2) is 9.82. The minimum atomic E-state index is -0.486. The van der Waals surface area contributed by atoms with E-state index in [2.05, 4.69) is 31.5 Å². The first-order valence-electron chi connectivity index (χ1n) is 7.23. The van der Waals surface area contributed by atoms with Crippen molar-refractivity contribution >= 4 is 39.9 Å². The summed E-state index contributed by atoms with van der Waals surface area (Å²) in [6.07, 6.45) is 0.885. The number of benzene rings is 1. The first-order chi connectivity index (χ1) is 10.6. The van der Waals surface area contributed by atoms with Crippen LogP contribution in [0.15, 0.2) is 22.7 Å². The Labute approximate surface area is 149 Å². The number of non-ortho nitro benzene ring substituents is 1. The molecule has 1 aliphatic heterocycles. The number of carbonyl (C=O) groups excluding carboxylic acids is 1. The average Bonchev–Trinajstić information content (AvgIpc) is 2.52. The van der Waals surface area contributed by atoms with Crippen LogP contribution in [0.2, 0.25) is 0 Å². The lowest BCUT2D eigenvalue weighted by Crippen LogP contribution is -2.44. The van der Waals surface area contributed by atoms with E-state index in [0.717, 1.165) is 39.1 Å². The molecule has 0 bridgehead atoms. The molecule has 0 atom stereocenters. The Morgan fingerprint density at radius 2 is 2.09 bits per heavy atom. The molecule has 1 amide bonds. The highest BCUT2D eigenvalue weighted by atomic mass is 79.9. The largest absolute Gasteiger partial charge is 0.352 e. The molecule has 0 unspecified atom stereocenters. The maximum Gasteiger partial charge on any atom is 0.270 e. The zero-order valence-electron chi connectivity index (χ0n) is 12.6. The number of nitrogens with zero attached hydrogens (tertiary/aromatic N) is 2. The van der Waals surface area contributed by atoms with Gasteiger partial charge in [0.1, 0.15) is 0 Å². The van der Waals surface area contributed by atoms with E-state index in [-0.39, 0.29) is 24.0 Å². The van der Waals surface area contributed by atoms with Gasteiger partial charge in [-0.3, -0.25) is 14.9 Å². The van der Waals surface area contributed by atoms with E-state index in [9.17, 15) is 14.9 Å². The highest BCUT2D eigenvalue weighted by Gasteiger charge is 2.14. The number of rotatable bonds is 6. The van der Waals surface area contributed by atoms with E-state index in [0.29, 0.717) is 16.6 Å². The van der Waals surface area contributed by atoms with Gasteiger partial charge in [0.15, 0.2) is 0 Å². The summed E-state index contributed by atoms with van der Waals surface area (Å²) < 4.78 is 0.432. The van der Waals surface area contributed by atoms with Crippen molar-refractivity contribution in [1.29, 1.82) is 0 Å². The third-order valence-corrected chi connectivity index (χ3v) is 4.21. The van der Waals surface area contributed by atoms with Crippen molar-refractivity contribution in [3.63, 3.8) is 0 Å². The van der Waals surface area contributed by atoms with E-state index in [1.54, 1.807) is 0 Å². The van der Waals surface area contributed by atoms with Gasteiger partial charge >= 0.3 is 0 Å². The van der Waals surface area contributed by atoms with Crippen LogP contribution in [0.4, 0.5) is 5.69 Å². The van der Waals surface area contributed by atoms with Crippen LogP contribution in [0, 0.1) is 10.1 Å². The van der Waals surface area contributed by atoms with Crippen molar-refractivity contribution < 1.29 is 9.72 Å². The molecule has 1 fully saturated rings. The molecule has 1 aliphatic rings. The number of halogens is 2. The quantitative estimate of drug-likeness (QED) is 0.426. The molecule has 0 saturated carbocycles.